The first-order chi connectivity index (χ1) is 2.41. The van der Waals surface area contributed by atoms with Crippen LogP contribution in [0.2, 0.25) is 0 Å². The molecular formula is C2H7O2S+. The molecule has 5 heavy (non-hydrogen) atoms. The van der Waals surface area contributed by atoms with Crippen molar-refractivity contribution in [1.82, 2.24) is 0 Å². The summed E-state index contributed by atoms with van der Waals surface area (Å²) in [5.41, 5.74) is 0. The van der Waals surface area contributed by atoms with Crippen LogP contribution in [0.15, 0.2) is 0 Å². The van der Waals surface area contributed by atoms with E-state index in [-0.39, 0.29) is 0 Å². The van der Waals surface area contributed by atoms with Crippen LogP contribution in [-0.4, -0.2) is 4.55 Å². The molecule has 0 aromatic carbocycles. The lowest BCUT2D eigenvalue weighted by molar-refractivity contribution is 0.538. The molecule has 0 atom stereocenters. The molecule has 0 aliphatic rings. The third kappa shape index (κ3) is 39000. The molecule has 0 saturated heterocycles. The molecule has 0 heterocycles. The van der Waals surface area contributed by atoms with Crippen molar-refractivity contribution in [2.24, 2.45) is 0 Å². The Morgan fingerprint density at radius 2 is 1.60 bits per heavy atom. The summed E-state index contributed by atoms with van der Waals surface area (Å²) < 4.78 is 15.3. The van der Waals surface area contributed by atoms with Crippen molar-refractivity contribution in [3.63, 3.8) is 0 Å². The van der Waals surface area contributed by atoms with E-state index in [1.807, 2.05) is 13.8 Å². The standard InChI is InChI=1S/C2H6.O2S/c1-2;1-3-2/h1-2H3;/p+1. The summed E-state index contributed by atoms with van der Waals surface area (Å²) >= 11 is -0.500. The summed E-state index contributed by atoms with van der Waals surface area (Å²) in [6.07, 6.45) is 0. The predicted molar refractivity (Wildman–Crippen MR) is 22.0 cm³/mol. The van der Waals surface area contributed by atoms with Gasteiger partial charge in [0.05, 0.1) is 4.21 Å². The van der Waals surface area contributed by atoms with Crippen molar-refractivity contribution in [3.8, 4) is 0 Å². The smallest absolute Gasteiger partial charge is 0.0737 e. The second-order valence-electron chi connectivity index (χ2n) is 0.0745. The van der Waals surface area contributed by atoms with Crippen molar-refractivity contribution in [1.29, 1.82) is 0 Å². The van der Waals surface area contributed by atoms with Gasteiger partial charge in [0.1, 0.15) is 0 Å². The lowest BCUT2D eigenvalue weighted by Gasteiger charge is -1.07. The minimum absolute atomic E-state index is 0.500. The zero-order valence-electron chi connectivity index (χ0n) is 3.26. The van der Waals surface area contributed by atoms with Gasteiger partial charge in [0.2, 0.25) is 0 Å². The van der Waals surface area contributed by atoms with Crippen molar-refractivity contribution in [3.05, 3.63) is 0 Å². The van der Waals surface area contributed by atoms with E-state index in [9.17, 15) is 0 Å². The summed E-state index contributed by atoms with van der Waals surface area (Å²) in [7, 11) is 0. The first kappa shape index (κ1) is 8.88. The zero-order valence-corrected chi connectivity index (χ0v) is 4.08. The molecule has 0 aliphatic heterocycles. The molecule has 32 valence electrons. The fraction of sp³-hybridized carbons (Fsp3) is 1.00. The van der Waals surface area contributed by atoms with Gasteiger partial charge in [-0.15, -0.1) is 0 Å². The van der Waals surface area contributed by atoms with Crippen LogP contribution in [0.1, 0.15) is 13.8 Å². The first-order valence-corrected chi connectivity index (χ1v) is 2.05. The van der Waals surface area contributed by atoms with Crippen molar-refractivity contribution in [2.75, 3.05) is 0 Å². The van der Waals surface area contributed by atoms with E-state index in [1.165, 1.54) is 0 Å². The van der Waals surface area contributed by atoms with E-state index < -0.39 is 11.9 Å². The Labute approximate surface area is 35.5 Å². The van der Waals surface area contributed by atoms with Crippen molar-refractivity contribution in [2.45, 2.75) is 13.8 Å². The quantitative estimate of drug-likeness (QED) is 0.358. The van der Waals surface area contributed by atoms with Gasteiger partial charge in [-0.25, -0.2) is 0 Å². The van der Waals surface area contributed by atoms with Gasteiger partial charge in [0.25, 0.3) is 0 Å². The molecule has 0 aromatic heterocycles. The molecule has 0 amide bonds. The summed E-state index contributed by atoms with van der Waals surface area (Å²) in [6.45, 7) is 4.00. The zero-order chi connectivity index (χ0) is 4.71. The van der Waals surface area contributed by atoms with Gasteiger partial charge in [-0.3, -0.25) is 0 Å². The van der Waals surface area contributed by atoms with E-state index in [2.05, 4.69) is 0 Å². The van der Waals surface area contributed by atoms with E-state index in [1.54, 1.807) is 0 Å². The highest BCUT2D eigenvalue weighted by Crippen LogP contribution is 1.14. The largest absolute Gasteiger partial charge is 0.690 e. The Kier molecular flexibility index (Phi) is 65.4. The average molecular weight is 95.1 g/mol. The SMILES string of the molecule is CC.O=[S+]O. The summed E-state index contributed by atoms with van der Waals surface area (Å²) in [5, 5.41) is 0. The monoisotopic (exact) mass is 95.0 g/mol. The lowest BCUT2D eigenvalue weighted by atomic mass is 11.0. The Bertz CT molecular complexity index is 15.1. The Hall–Kier alpha value is -0.0200. The molecule has 0 aliphatic carbocycles. The highest BCUT2D eigenvalue weighted by Gasteiger charge is 1.61. The molecule has 2 nitrogen and oxygen atoms in total. The number of rotatable bonds is 0. The van der Waals surface area contributed by atoms with E-state index in [0.29, 0.717) is 0 Å². The molecule has 0 radical (unpaired) electrons. The molecule has 0 aromatic rings. The van der Waals surface area contributed by atoms with E-state index in [0.717, 1.165) is 0 Å². The van der Waals surface area contributed by atoms with Crippen LogP contribution in [0.5, 0.6) is 0 Å². The molecule has 1 N–H and O–H groups in total. The van der Waals surface area contributed by atoms with Gasteiger partial charge in [-0.05, 0) is 0 Å². The van der Waals surface area contributed by atoms with Crippen molar-refractivity contribution < 1.29 is 8.76 Å². The molecule has 0 rings (SSSR count). The lowest BCUT2D eigenvalue weighted by Crippen LogP contribution is -1.35. The molecule has 3 heteroatoms. The topological polar surface area (TPSA) is 37.3 Å². The molecule has 0 bridgehead atoms. The summed E-state index contributed by atoms with van der Waals surface area (Å²) in [5.74, 6) is 0. The normalized spacial score (nSPS) is 3.80. The maximum atomic E-state index is 8.40. The fourth-order valence-electron chi connectivity index (χ4n) is 0. The first-order valence-electron chi connectivity index (χ1n) is 1.35. The molecular weight excluding hydrogens is 88.1 g/mol. The van der Waals surface area contributed by atoms with Gasteiger partial charge in [-0.1, -0.05) is 18.4 Å². The van der Waals surface area contributed by atoms with Crippen LogP contribution in [0, 0.1) is 0 Å². The van der Waals surface area contributed by atoms with Crippen molar-refractivity contribution >= 4 is 11.9 Å². The maximum absolute atomic E-state index is 8.40. The molecule has 0 fully saturated rings. The summed E-state index contributed by atoms with van der Waals surface area (Å²) in [4.78, 5) is 0. The molecule has 0 spiro atoms. The number of hydrogen-bond acceptors (Lipinski definition) is 1. The van der Waals surface area contributed by atoms with Crippen LogP contribution in [0.4, 0.5) is 0 Å². The highest BCUT2D eigenvalue weighted by atomic mass is 32.2. The van der Waals surface area contributed by atoms with Crippen LogP contribution in [-0.2, 0) is 16.2 Å². The molecule has 0 unspecified atom stereocenters. The van der Waals surface area contributed by atoms with Gasteiger partial charge in [0, 0.05) is 0 Å². The third-order valence-corrected chi connectivity index (χ3v) is 0. The van der Waals surface area contributed by atoms with Gasteiger partial charge in [-0.2, -0.15) is 0 Å². The van der Waals surface area contributed by atoms with Crippen LogP contribution in [0.3, 0.4) is 0 Å². The number of hydrogen-bond donors (Lipinski definition) is 1. The Morgan fingerprint density at radius 1 is 1.60 bits per heavy atom. The average Bonchev–Trinajstić information content (AvgIpc) is 1.46. The summed E-state index contributed by atoms with van der Waals surface area (Å²) in [6, 6.07) is 0. The predicted octanol–water partition coefficient (Wildman–Crippen LogP) is 0.914. The maximum Gasteiger partial charge on any atom is 0.690 e. The van der Waals surface area contributed by atoms with Gasteiger partial charge in [0.15, 0.2) is 0 Å². The van der Waals surface area contributed by atoms with Crippen LogP contribution < -0.4 is 0 Å². The third-order valence-electron chi connectivity index (χ3n) is 0. The van der Waals surface area contributed by atoms with E-state index in [4.69, 9.17) is 8.76 Å². The minimum atomic E-state index is -0.500. The van der Waals surface area contributed by atoms with Crippen LogP contribution in [0.25, 0.3) is 0 Å². The van der Waals surface area contributed by atoms with Crippen LogP contribution >= 0.6 is 0 Å². The van der Waals surface area contributed by atoms with E-state index >= 15 is 0 Å². The fourth-order valence-corrected chi connectivity index (χ4v) is 0. The second-order valence-corrected chi connectivity index (χ2v) is 0.224. The minimum Gasteiger partial charge on any atom is -0.0737 e. The van der Waals surface area contributed by atoms with Gasteiger partial charge < -0.3 is 0 Å². The molecule has 0 saturated carbocycles. The Morgan fingerprint density at radius 3 is 1.60 bits per heavy atom. The Balaban J connectivity index is 0. The highest BCUT2D eigenvalue weighted by molar-refractivity contribution is 7.59. The second kappa shape index (κ2) is 36.8. The van der Waals surface area contributed by atoms with Gasteiger partial charge >= 0.3 is 11.9 Å².